The molecule has 0 aliphatic carbocycles. The third kappa shape index (κ3) is 4.75. The molecule has 25 heavy (non-hydrogen) atoms. The summed E-state index contributed by atoms with van der Waals surface area (Å²) in [7, 11) is 1.61. The van der Waals surface area contributed by atoms with Gasteiger partial charge in [0.2, 0.25) is 0 Å². The summed E-state index contributed by atoms with van der Waals surface area (Å²) >= 11 is 0. The second-order valence-electron chi connectivity index (χ2n) is 6.46. The fourth-order valence-corrected chi connectivity index (χ4v) is 2.77. The number of aryl methyl sites for hydroxylation is 3. The highest BCUT2D eigenvalue weighted by Gasteiger charge is 2.19. The van der Waals surface area contributed by atoms with E-state index in [1.165, 1.54) is 16.7 Å². The van der Waals surface area contributed by atoms with Crippen molar-refractivity contribution in [2.75, 3.05) is 7.11 Å². The quantitative estimate of drug-likeness (QED) is 0.854. The third-order valence-corrected chi connectivity index (χ3v) is 4.45. The van der Waals surface area contributed by atoms with Gasteiger partial charge in [-0.25, -0.2) is 0 Å². The molecule has 2 aromatic carbocycles. The summed E-state index contributed by atoms with van der Waals surface area (Å²) in [6.07, 6.45) is -0.581. The number of ether oxygens (including phenoxy) is 2. The van der Waals surface area contributed by atoms with Gasteiger partial charge >= 0.3 is 0 Å². The minimum absolute atomic E-state index is 0.0753. The van der Waals surface area contributed by atoms with Gasteiger partial charge in [0.1, 0.15) is 11.5 Å². The van der Waals surface area contributed by atoms with E-state index in [4.69, 9.17) is 9.47 Å². The molecule has 0 bridgehead atoms. The average molecular weight is 341 g/mol. The van der Waals surface area contributed by atoms with Gasteiger partial charge in [-0.05, 0) is 81.1 Å². The van der Waals surface area contributed by atoms with Crippen LogP contribution in [0.1, 0.15) is 42.1 Å². The van der Waals surface area contributed by atoms with Crippen molar-refractivity contribution in [3.05, 3.63) is 58.7 Å². The normalized spacial score (nSPS) is 13.0. The highest BCUT2D eigenvalue weighted by molar-refractivity contribution is 5.81. The second-order valence-corrected chi connectivity index (χ2v) is 6.46. The lowest BCUT2D eigenvalue weighted by Crippen LogP contribution is -2.38. The number of hydrogen-bond acceptors (Lipinski definition) is 3. The van der Waals surface area contributed by atoms with Crippen LogP contribution in [0.4, 0.5) is 0 Å². The zero-order valence-electron chi connectivity index (χ0n) is 15.8. The van der Waals surface area contributed by atoms with Gasteiger partial charge in [-0.2, -0.15) is 0 Å². The SMILES string of the molecule is COc1ccc(OC(C)C(=O)NC(C)c2cc(C)c(C)cc2C)cc1. The highest BCUT2D eigenvalue weighted by Crippen LogP contribution is 2.22. The molecule has 0 heterocycles. The second kappa shape index (κ2) is 8.06. The Kier molecular flexibility index (Phi) is 6.07. The molecule has 0 saturated carbocycles. The standard InChI is InChI=1S/C21H27NO3/c1-13-11-15(3)20(12-14(13)2)16(4)22-21(23)17(5)25-19-9-7-18(24-6)8-10-19/h7-12,16-17H,1-6H3,(H,22,23). The van der Waals surface area contributed by atoms with Crippen molar-refractivity contribution in [2.24, 2.45) is 0 Å². The van der Waals surface area contributed by atoms with E-state index >= 15 is 0 Å². The molecule has 2 rings (SSSR count). The number of carbonyl (C=O) groups is 1. The van der Waals surface area contributed by atoms with Crippen LogP contribution in [0.3, 0.4) is 0 Å². The topological polar surface area (TPSA) is 47.6 Å². The fourth-order valence-electron chi connectivity index (χ4n) is 2.77. The van der Waals surface area contributed by atoms with E-state index in [1.807, 2.05) is 6.92 Å². The largest absolute Gasteiger partial charge is 0.497 e. The molecule has 1 N–H and O–H groups in total. The molecule has 0 saturated heterocycles. The van der Waals surface area contributed by atoms with Gasteiger partial charge < -0.3 is 14.8 Å². The van der Waals surface area contributed by atoms with Gasteiger partial charge in [0.15, 0.2) is 6.10 Å². The summed E-state index contributed by atoms with van der Waals surface area (Å²) in [5.74, 6) is 1.25. The summed E-state index contributed by atoms with van der Waals surface area (Å²) in [6, 6.07) is 11.4. The van der Waals surface area contributed by atoms with Crippen LogP contribution in [0.15, 0.2) is 36.4 Å². The first kappa shape index (κ1) is 18.8. The van der Waals surface area contributed by atoms with Crippen molar-refractivity contribution in [3.63, 3.8) is 0 Å². The minimum atomic E-state index is -0.581. The smallest absolute Gasteiger partial charge is 0.261 e. The van der Waals surface area contributed by atoms with Crippen LogP contribution in [0, 0.1) is 20.8 Å². The first-order valence-electron chi connectivity index (χ1n) is 8.50. The Morgan fingerprint density at radius 3 is 2.08 bits per heavy atom. The molecule has 0 radical (unpaired) electrons. The minimum Gasteiger partial charge on any atom is -0.497 e. The lowest BCUT2D eigenvalue weighted by Gasteiger charge is -2.21. The molecule has 0 fully saturated rings. The van der Waals surface area contributed by atoms with Crippen molar-refractivity contribution in [1.82, 2.24) is 5.32 Å². The molecule has 2 aromatic rings. The zero-order valence-corrected chi connectivity index (χ0v) is 15.8. The Morgan fingerprint density at radius 1 is 0.920 bits per heavy atom. The number of rotatable bonds is 6. The third-order valence-electron chi connectivity index (χ3n) is 4.45. The van der Waals surface area contributed by atoms with Crippen molar-refractivity contribution in [1.29, 1.82) is 0 Å². The van der Waals surface area contributed by atoms with Crippen molar-refractivity contribution in [3.8, 4) is 11.5 Å². The Balaban J connectivity index is 2.01. The van der Waals surface area contributed by atoms with Crippen molar-refractivity contribution >= 4 is 5.91 Å². The predicted molar refractivity (Wildman–Crippen MR) is 100 cm³/mol. The molecule has 4 heteroatoms. The molecule has 0 aliphatic rings. The van der Waals surface area contributed by atoms with Crippen LogP contribution < -0.4 is 14.8 Å². The molecule has 0 aromatic heterocycles. The van der Waals surface area contributed by atoms with E-state index in [0.29, 0.717) is 5.75 Å². The molecular formula is C21H27NO3. The van der Waals surface area contributed by atoms with Gasteiger partial charge in [-0.1, -0.05) is 12.1 Å². The maximum atomic E-state index is 12.5. The Morgan fingerprint density at radius 2 is 1.48 bits per heavy atom. The van der Waals surface area contributed by atoms with Gasteiger partial charge in [0, 0.05) is 0 Å². The molecular weight excluding hydrogens is 314 g/mol. The van der Waals surface area contributed by atoms with E-state index in [2.05, 4.69) is 38.2 Å². The Labute approximate surface area is 150 Å². The Hall–Kier alpha value is -2.49. The lowest BCUT2D eigenvalue weighted by molar-refractivity contribution is -0.127. The molecule has 0 aliphatic heterocycles. The number of amides is 1. The van der Waals surface area contributed by atoms with Crippen LogP contribution in [0.2, 0.25) is 0 Å². The fraction of sp³-hybridized carbons (Fsp3) is 0.381. The maximum Gasteiger partial charge on any atom is 0.261 e. The van der Waals surface area contributed by atoms with Crippen molar-refractivity contribution < 1.29 is 14.3 Å². The number of benzene rings is 2. The van der Waals surface area contributed by atoms with E-state index in [9.17, 15) is 4.79 Å². The van der Waals surface area contributed by atoms with E-state index in [-0.39, 0.29) is 11.9 Å². The monoisotopic (exact) mass is 341 g/mol. The summed E-state index contributed by atoms with van der Waals surface area (Å²) < 4.78 is 10.8. The van der Waals surface area contributed by atoms with Gasteiger partial charge in [0.05, 0.1) is 13.2 Å². The zero-order chi connectivity index (χ0) is 18.6. The first-order valence-corrected chi connectivity index (χ1v) is 8.50. The highest BCUT2D eigenvalue weighted by atomic mass is 16.5. The molecule has 134 valence electrons. The van der Waals surface area contributed by atoms with Crippen LogP contribution in [-0.2, 0) is 4.79 Å². The van der Waals surface area contributed by atoms with Crippen LogP contribution in [-0.4, -0.2) is 19.1 Å². The van der Waals surface area contributed by atoms with Crippen LogP contribution in [0.25, 0.3) is 0 Å². The lowest BCUT2D eigenvalue weighted by atomic mass is 9.96. The first-order chi connectivity index (χ1) is 11.8. The van der Waals surface area contributed by atoms with Gasteiger partial charge in [-0.3, -0.25) is 4.79 Å². The van der Waals surface area contributed by atoms with Crippen molar-refractivity contribution in [2.45, 2.75) is 46.8 Å². The predicted octanol–water partition coefficient (Wildman–Crippen LogP) is 4.27. The number of hydrogen-bond donors (Lipinski definition) is 1. The maximum absolute atomic E-state index is 12.5. The number of carbonyl (C=O) groups excluding carboxylic acids is 1. The summed E-state index contributed by atoms with van der Waals surface area (Å²) in [5, 5.41) is 3.04. The van der Waals surface area contributed by atoms with Crippen LogP contribution >= 0.6 is 0 Å². The van der Waals surface area contributed by atoms with E-state index in [0.717, 1.165) is 11.3 Å². The average Bonchev–Trinajstić information content (AvgIpc) is 2.58. The number of nitrogens with one attached hydrogen (secondary N) is 1. The molecule has 2 atom stereocenters. The van der Waals surface area contributed by atoms with E-state index in [1.54, 1.807) is 38.3 Å². The number of methoxy groups -OCH3 is 1. The van der Waals surface area contributed by atoms with Crippen LogP contribution in [0.5, 0.6) is 11.5 Å². The van der Waals surface area contributed by atoms with Gasteiger partial charge in [-0.15, -0.1) is 0 Å². The Bertz CT molecular complexity index is 738. The summed E-state index contributed by atoms with van der Waals surface area (Å²) in [4.78, 5) is 12.5. The van der Waals surface area contributed by atoms with E-state index < -0.39 is 6.10 Å². The summed E-state index contributed by atoms with van der Waals surface area (Å²) in [5.41, 5.74) is 4.80. The molecule has 1 amide bonds. The van der Waals surface area contributed by atoms with Gasteiger partial charge in [0.25, 0.3) is 5.91 Å². The molecule has 4 nitrogen and oxygen atoms in total. The molecule has 0 spiro atoms. The summed E-state index contributed by atoms with van der Waals surface area (Å²) in [6.45, 7) is 10.00. The molecule has 2 unspecified atom stereocenters.